The van der Waals surface area contributed by atoms with E-state index < -0.39 is 0 Å². The first-order valence-electron chi connectivity index (χ1n) is 6.58. The van der Waals surface area contributed by atoms with E-state index in [1.165, 1.54) is 26.3 Å². The van der Waals surface area contributed by atoms with Gasteiger partial charge >= 0.3 is 0 Å². The molecule has 0 amide bonds. The second kappa shape index (κ2) is 6.07. The van der Waals surface area contributed by atoms with Crippen LogP contribution in [0.3, 0.4) is 0 Å². The molecule has 0 spiro atoms. The first kappa shape index (κ1) is 13.2. The molecular formula is C15H17BrN2S. The highest BCUT2D eigenvalue weighted by molar-refractivity contribution is 9.11. The molecule has 0 radical (unpaired) electrons. The summed E-state index contributed by atoms with van der Waals surface area (Å²) in [6, 6.07) is 12.9. The summed E-state index contributed by atoms with van der Waals surface area (Å²) in [6.45, 7) is 3.10. The number of halogens is 1. The van der Waals surface area contributed by atoms with Crippen molar-refractivity contribution < 1.29 is 0 Å². The third-order valence-corrected chi connectivity index (χ3v) is 5.09. The fraction of sp³-hybridized carbons (Fsp3) is 0.333. The predicted molar refractivity (Wildman–Crippen MR) is 85.9 cm³/mol. The van der Waals surface area contributed by atoms with Crippen molar-refractivity contribution in [3.63, 3.8) is 0 Å². The normalized spacial score (nSPS) is 17.8. The van der Waals surface area contributed by atoms with E-state index in [0.717, 1.165) is 19.6 Å². The quantitative estimate of drug-likeness (QED) is 0.885. The van der Waals surface area contributed by atoms with E-state index in [2.05, 4.69) is 63.0 Å². The van der Waals surface area contributed by atoms with E-state index in [1.807, 2.05) is 0 Å². The lowest BCUT2D eigenvalue weighted by Crippen LogP contribution is -2.32. The Kier molecular flexibility index (Phi) is 4.21. The molecule has 0 saturated heterocycles. The number of hydrogen-bond acceptors (Lipinski definition) is 3. The minimum atomic E-state index is 0.679. The Bertz CT molecular complexity index is 553. The van der Waals surface area contributed by atoms with E-state index in [9.17, 15) is 0 Å². The van der Waals surface area contributed by atoms with Crippen LogP contribution in [0.1, 0.15) is 10.4 Å². The maximum Gasteiger partial charge on any atom is 0.0701 e. The van der Waals surface area contributed by atoms with Crippen LogP contribution in [0.15, 0.2) is 40.2 Å². The van der Waals surface area contributed by atoms with Gasteiger partial charge in [-0.15, -0.1) is 11.3 Å². The van der Waals surface area contributed by atoms with E-state index >= 15 is 0 Å². The lowest BCUT2D eigenvalue weighted by molar-refractivity contribution is 0.485. The Morgan fingerprint density at radius 2 is 2.16 bits per heavy atom. The molecule has 0 bridgehead atoms. The minimum Gasteiger partial charge on any atom is -0.384 e. The summed E-state index contributed by atoms with van der Waals surface area (Å²) in [5, 5.41) is 7.09. The van der Waals surface area contributed by atoms with Gasteiger partial charge in [0.05, 0.1) is 3.79 Å². The van der Waals surface area contributed by atoms with Crippen molar-refractivity contribution in [1.29, 1.82) is 0 Å². The first-order chi connectivity index (χ1) is 9.31. The summed E-state index contributed by atoms with van der Waals surface area (Å²) < 4.78 is 1.21. The molecule has 1 aromatic carbocycles. The zero-order chi connectivity index (χ0) is 13.1. The van der Waals surface area contributed by atoms with Gasteiger partial charge in [0.1, 0.15) is 0 Å². The van der Waals surface area contributed by atoms with Gasteiger partial charge in [0, 0.05) is 30.2 Å². The predicted octanol–water partition coefficient (Wildman–Crippen LogP) is 3.88. The van der Waals surface area contributed by atoms with Crippen molar-refractivity contribution in [2.24, 2.45) is 5.92 Å². The Morgan fingerprint density at radius 1 is 1.26 bits per heavy atom. The molecule has 1 aliphatic heterocycles. The Morgan fingerprint density at radius 3 is 3.00 bits per heavy atom. The van der Waals surface area contributed by atoms with Gasteiger partial charge in [-0.25, -0.2) is 0 Å². The first-order valence-corrected chi connectivity index (χ1v) is 8.19. The van der Waals surface area contributed by atoms with Crippen molar-refractivity contribution in [3.05, 3.63) is 50.6 Å². The summed E-state index contributed by atoms with van der Waals surface area (Å²) in [5.74, 6) is 0.679. The van der Waals surface area contributed by atoms with Gasteiger partial charge in [-0.3, -0.25) is 0 Å². The molecule has 1 unspecified atom stereocenters. The summed E-state index contributed by atoms with van der Waals surface area (Å²) in [7, 11) is 0. The number of hydrogen-bond donors (Lipinski definition) is 2. The fourth-order valence-electron chi connectivity index (χ4n) is 2.50. The fourth-order valence-corrected chi connectivity index (χ4v) is 3.95. The molecule has 1 atom stereocenters. The summed E-state index contributed by atoms with van der Waals surface area (Å²) in [4.78, 5) is 1.39. The van der Waals surface area contributed by atoms with Crippen LogP contribution in [0.5, 0.6) is 0 Å². The second-order valence-electron chi connectivity index (χ2n) is 4.94. The Balaban J connectivity index is 1.50. The lowest BCUT2D eigenvalue weighted by Gasteiger charge is -2.26. The Labute approximate surface area is 126 Å². The highest BCUT2D eigenvalue weighted by Gasteiger charge is 2.17. The van der Waals surface area contributed by atoms with Gasteiger partial charge in [0.25, 0.3) is 0 Å². The third kappa shape index (κ3) is 3.38. The molecule has 1 aromatic heterocycles. The van der Waals surface area contributed by atoms with Crippen LogP contribution in [0.25, 0.3) is 0 Å². The molecule has 0 aliphatic carbocycles. The second-order valence-corrected chi connectivity index (χ2v) is 7.49. The zero-order valence-electron chi connectivity index (χ0n) is 10.7. The van der Waals surface area contributed by atoms with Gasteiger partial charge in [0.15, 0.2) is 0 Å². The summed E-state index contributed by atoms with van der Waals surface area (Å²) in [6.07, 6.45) is 1.17. The molecule has 2 nitrogen and oxygen atoms in total. The van der Waals surface area contributed by atoms with Crippen LogP contribution in [-0.4, -0.2) is 13.1 Å². The van der Waals surface area contributed by atoms with Gasteiger partial charge in [0.2, 0.25) is 0 Å². The largest absolute Gasteiger partial charge is 0.384 e. The zero-order valence-corrected chi connectivity index (χ0v) is 13.1. The molecular weight excluding hydrogens is 320 g/mol. The van der Waals surface area contributed by atoms with Crippen LogP contribution < -0.4 is 10.6 Å². The number of nitrogens with one attached hydrogen (secondary N) is 2. The molecule has 0 fully saturated rings. The van der Waals surface area contributed by atoms with Crippen molar-refractivity contribution >= 4 is 33.0 Å². The Hall–Kier alpha value is -0.840. The monoisotopic (exact) mass is 336 g/mol. The summed E-state index contributed by atoms with van der Waals surface area (Å²) in [5.41, 5.74) is 2.75. The maximum absolute atomic E-state index is 3.57. The number of benzene rings is 1. The number of anilines is 1. The molecule has 0 saturated carbocycles. The summed E-state index contributed by atoms with van der Waals surface area (Å²) >= 11 is 5.30. The SMILES string of the molecule is Brc1ccc(CNCC2CNc3ccccc3C2)s1. The number of rotatable bonds is 4. The van der Waals surface area contributed by atoms with Crippen molar-refractivity contribution in [3.8, 4) is 0 Å². The smallest absolute Gasteiger partial charge is 0.0701 e. The topological polar surface area (TPSA) is 24.1 Å². The average Bonchev–Trinajstić information content (AvgIpc) is 2.84. The average molecular weight is 337 g/mol. The molecule has 1 aliphatic rings. The number of para-hydroxylation sites is 1. The van der Waals surface area contributed by atoms with E-state index in [-0.39, 0.29) is 0 Å². The maximum atomic E-state index is 3.57. The number of thiophene rings is 1. The van der Waals surface area contributed by atoms with Crippen LogP contribution >= 0.6 is 27.3 Å². The molecule has 3 rings (SSSR count). The molecule has 4 heteroatoms. The van der Waals surface area contributed by atoms with Crippen LogP contribution in [0.2, 0.25) is 0 Å². The van der Waals surface area contributed by atoms with Crippen LogP contribution in [0.4, 0.5) is 5.69 Å². The van der Waals surface area contributed by atoms with E-state index in [0.29, 0.717) is 5.92 Å². The highest BCUT2D eigenvalue weighted by atomic mass is 79.9. The number of fused-ring (bicyclic) bond motifs is 1. The van der Waals surface area contributed by atoms with Crippen LogP contribution in [0, 0.1) is 5.92 Å². The van der Waals surface area contributed by atoms with Crippen molar-refractivity contribution in [2.75, 3.05) is 18.4 Å². The highest BCUT2D eigenvalue weighted by Crippen LogP contribution is 2.24. The molecule has 100 valence electrons. The molecule has 2 aromatic rings. The van der Waals surface area contributed by atoms with Gasteiger partial charge < -0.3 is 10.6 Å². The van der Waals surface area contributed by atoms with Crippen molar-refractivity contribution in [2.45, 2.75) is 13.0 Å². The standard InChI is InChI=1S/C15H17BrN2S/c16-15-6-5-13(19-15)10-17-8-11-7-12-3-1-2-4-14(12)18-9-11/h1-6,11,17-18H,7-10H2. The third-order valence-electron chi connectivity index (χ3n) is 3.47. The lowest BCUT2D eigenvalue weighted by atomic mass is 9.94. The molecule has 2 N–H and O–H groups in total. The minimum absolute atomic E-state index is 0.679. The van der Waals surface area contributed by atoms with Crippen LogP contribution in [-0.2, 0) is 13.0 Å². The van der Waals surface area contributed by atoms with E-state index in [4.69, 9.17) is 0 Å². The van der Waals surface area contributed by atoms with Gasteiger partial charge in [-0.05, 0) is 52.0 Å². The van der Waals surface area contributed by atoms with Gasteiger partial charge in [-0.2, -0.15) is 0 Å². The van der Waals surface area contributed by atoms with Gasteiger partial charge in [-0.1, -0.05) is 18.2 Å². The van der Waals surface area contributed by atoms with E-state index in [1.54, 1.807) is 11.3 Å². The van der Waals surface area contributed by atoms with Crippen molar-refractivity contribution in [1.82, 2.24) is 5.32 Å². The molecule has 19 heavy (non-hydrogen) atoms. The molecule has 2 heterocycles.